The van der Waals surface area contributed by atoms with Gasteiger partial charge in [-0.25, -0.2) is 0 Å². The smallest absolute Gasteiger partial charge is 0.238 e. The average Bonchev–Trinajstić information content (AvgIpc) is 3.43. The van der Waals surface area contributed by atoms with Gasteiger partial charge < -0.3 is 20.9 Å². The average molecular weight is 436 g/mol. The lowest BCUT2D eigenvalue weighted by molar-refractivity contribution is -0.124. The Kier molecular flexibility index (Phi) is 6.77. The first-order chi connectivity index (χ1) is 15.4. The number of anilines is 2. The summed E-state index contributed by atoms with van der Waals surface area (Å²) in [6.07, 6.45) is 3.05. The van der Waals surface area contributed by atoms with E-state index in [1.165, 1.54) is 18.5 Å². The SMILES string of the molecule is CN(C)[C@@H]1C[C@@H](C(N)=O)N(CC(=O)Nc2ccc(N3CCCC3)cc2)[C@H]1c1ccccc1. The molecule has 2 aliphatic heterocycles. The van der Waals surface area contributed by atoms with Crippen molar-refractivity contribution in [2.45, 2.75) is 37.4 Å². The van der Waals surface area contributed by atoms with Crippen LogP contribution in [0.4, 0.5) is 11.4 Å². The fourth-order valence-corrected chi connectivity index (χ4v) is 5.05. The molecule has 0 aromatic heterocycles. The first-order valence-corrected chi connectivity index (χ1v) is 11.4. The number of hydrogen-bond acceptors (Lipinski definition) is 5. The van der Waals surface area contributed by atoms with E-state index < -0.39 is 11.9 Å². The van der Waals surface area contributed by atoms with Gasteiger partial charge in [-0.15, -0.1) is 0 Å². The first kappa shape index (κ1) is 22.3. The van der Waals surface area contributed by atoms with E-state index >= 15 is 0 Å². The summed E-state index contributed by atoms with van der Waals surface area (Å²) >= 11 is 0. The number of carbonyl (C=O) groups excluding carboxylic acids is 2. The summed E-state index contributed by atoms with van der Waals surface area (Å²) in [5.74, 6) is -0.538. The minimum absolute atomic E-state index is 0.0856. The molecule has 7 nitrogen and oxygen atoms in total. The maximum absolute atomic E-state index is 13.0. The van der Waals surface area contributed by atoms with Crippen LogP contribution < -0.4 is 16.0 Å². The molecule has 0 radical (unpaired) electrons. The summed E-state index contributed by atoms with van der Waals surface area (Å²) in [5, 5.41) is 3.00. The number of hydrogen-bond donors (Lipinski definition) is 2. The highest BCUT2D eigenvalue weighted by molar-refractivity contribution is 5.93. The Morgan fingerprint density at radius 2 is 1.69 bits per heavy atom. The molecule has 0 aliphatic carbocycles. The zero-order valence-electron chi connectivity index (χ0n) is 18.9. The highest BCUT2D eigenvalue weighted by Crippen LogP contribution is 2.38. The molecule has 4 rings (SSSR count). The lowest BCUT2D eigenvalue weighted by Crippen LogP contribution is -2.45. The number of carbonyl (C=O) groups is 2. The predicted molar refractivity (Wildman–Crippen MR) is 127 cm³/mol. The van der Waals surface area contributed by atoms with E-state index in [9.17, 15) is 9.59 Å². The molecule has 170 valence electrons. The zero-order valence-corrected chi connectivity index (χ0v) is 18.9. The van der Waals surface area contributed by atoms with Crippen LogP contribution in [0.1, 0.15) is 30.9 Å². The number of primary amides is 1. The zero-order chi connectivity index (χ0) is 22.7. The summed E-state index contributed by atoms with van der Waals surface area (Å²) < 4.78 is 0. The minimum Gasteiger partial charge on any atom is -0.372 e. The van der Waals surface area contributed by atoms with Crippen LogP contribution >= 0.6 is 0 Å². The Labute approximate surface area is 190 Å². The Bertz CT molecular complexity index is 925. The first-order valence-electron chi connectivity index (χ1n) is 11.4. The van der Waals surface area contributed by atoms with Crippen LogP contribution in [0, 0.1) is 0 Å². The van der Waals surface area contributed by atoms with E-state index in [0.717, 1.165) is 24.3 Å². The van der Waals surface area contributed by atoms with Gasteiger partial charge in [0, 0.05) is 30.5 Å². The third-order valence-electron chi connectivity index (χ3n) is 6.67. The van der Waals surface area contributed by atoms with Crippen LogP contribution in [0.2, 0.25) is 0 Å². The molecule has 0 unspecified atom stereocenters. The summed E-state index contributed by atoms with van der Waals surface area (Å²) in [7, 11) is 4.01. The van der Waals surface area contributed by atoms with Crippen LogP contribution in [0.5, 0.6) is 0 Å². The fourth-order valence-electron chi connectivity index (χ4n) is 5.05. The molecule has 2 aromatic carbocycles. The molecule has 2 aromatic rings. The van der Waals surface area contributed by atoms with Crippen LogP contribution in [-0.4, -0.2) is 67.4 Å². The molecular formula is C25H33N5O2. The largest absolute Gasteiger partial charge is 0.372 e. The molecule has 7 heteroatoms. The van der Waals surface area contributed by atoms with Crippen molar-refractivity contribution in [3.8, 4) is 0 Å². The summed E-state index contributed by atoms with van der Waals surface area (Å²) in [6, 6.07) is 17.5. The number of nitrogens with zero attached hydrogens (tertiary/aromatic N) is 3. The van der Waals surface area contributed by atoms with Crippen molar-refractivity contribution in [2.75, 3.05) is 43.9 Å². The van der Waals surface area contributed by atoms with Gasteiger partial charge in [-0.3, -0.25) is 14.5 Å². The number of nitrogens with two attached hydrogens (primary N) is 1. The van der Waals surface area contributed by atoms with Gasteiger partial charge in [0.1, 0.15) is 0 Å². The van der Waals surface area contributed by atoms with Gasteiger partial charge in [-0.2, -0.15) is 0 Å². The van der Waals surface area contributed by atoms with E-state index in [1.807, 2.05) is 61.5 Å². The molecule has 2 aliphatic rings. The van der Waals surface area contributed by atoms with Crippen molar-refractivity contribution in [3.63, 3.8) is 0 Å². The van der Waals surface area contributed by atoms with Crippen molar-refractivity contribution < 1.29 is 9.59 Å². The van der Waals surface area contributed by atoms with Gasteiger partial charge in [0.2, 0.25) is 11.8 Å². The highest BCUT2D eigenvalue weighted by atomic mass is 16.2. The second kappa shape index (κ2) is 9.71. The van der Waals surface area contributed by atoms with Crippen LogP contribution in [0.3, 0.4) is 0 Å². The molecule has 32 heavy (non-hydrogen) atoms. The monoisotopic (exact) mass is 435 g/mol. The van der Waals surface area contributed by atoms with Crippen LogP contribution in [-0.2, 0) is 9.59 Å². The van der Waals surface area contributed by atoms with Gasteiger partial charge in [-0.1, -0.05) is 30.3 Å². The molecule has 0 saturated carbocycles. The summed E-state index contributed by atoms with van der Waals surface area (Å²) in [6.45, 7) is 2.28. The van der Waals surface area contributed by atoms with E-state index in [0.29, 0.717) is 6.42 Å². The van der Waals surface area contributed by atoms with Crippen LogP contribution in [0.15, 0.2) is 54.6 Å². The molecule has 3 atom stereocenters. The lowest BCUT2D eigenvalue weighted by Gasteiger charge is -2.32. The number of benzene rings is 2. The van der Waals surface area contributed by atoms with Crippen molar-refractivity contribution in [1.29, 1.82) is 0 Å². The second-order valence-corrected chi connectivity index (χ2v) is 9.00. The second-order valence-electron chi connectivity index (χ2n) is 9.00. The number of likely N-dealkylation sites (N-methyl/N-ethyl adjacent to an activating group) is 1. The Morgan fingerprint density at radius 1 is 1.03 bits per heavy atom. The summed E-state index contributed by atoms with van der Waals surface area (Å²) in [5.41, 5.74) is 8.79. The highest BCUT2D eigenvalue weighted by Gasteiger charge is 2.45. The third-order valence-corrected chi connectivity index (χ3v) is 6.67. The van der Waals surface area contributed by atoms with Gasteiger partial charge in [0.25, 0.3) is 0 Å². The molecule has 2 amide bonds. The molecular weight excluding hydrogens is 402 g/mol. The number of likely N-dealkylation sites (tertiary alicyclic amines) is 1. The van der Waals surface area contributed by atoms with E-state index in [1.54, 1.807) is 0 Å². The normalized spacial score (nSPS) is 23.6. The maximum Gasteiger partial charge on any atom is 0.238 e. The molecule has 0 spiro atoms. The molecule has 3 N–H and O–H groups in total. The van der Waals surface area contributed by atoms with E-state index in [-0.39, 0.29) is 24.5 Å². The van der Waals surface area contributed by atoms with Crippen molar-refractivity contribution in [2.24, 2.45) is 5.73 Å². The topological polar surface area (TPSA) is 81.9 Å². The van der Waals surface area contributed by atoms with Crippen molar-refractivity contribution >= 4 is 23.2 Å². The predicted octanol–water partition coefficient (Wildman–Crippen LogP) is 2.46. The number of nitrogens with one attached hydrogen (secondary N) is 1. The standard InChI is InChI=1S/C25H33N5O2/c1-28(2)21-16-22(25(26)32)30(24(21)18-8-4-3-5-9-18)17-23(31)27-19-10-12-20(13-11-19)29-14-6-7-15-29/h3-5,8-13,21-22,24H,6-7,14-17H2,1-2H3,(H2,26,32)(H,27,31)/t21-,22+,24+/m1/s1. The van der Waals surface area contributed by atoms with Gasteiger partial charge >= 0.3 is 0 Å². The van der Waals surface area contributed by atoms with Gasteiger partial charge in [-0.05, 0) is 63.2 Å². The molecule has 2 heterocycles. The lowest BCUT2D eigenvalue weighted by atomic mass is 9.99. The molecule has 2 saturated heterocycles. The molecule has 2 fully saturated rings. The maximum atomic E-state index is 13.0. The summed E-state index contributed by atoms with van der Waals surface area (Å²) in [4.78, 5) is 31.7. The van der Waals surface area contributed by atoms with E-state index in [2.05, 4.69) is 27.2 Å². The third kappa shape index (κ3) is 4.79. The number of rotatable bonds is 7. The van der Waals surface area contributed by atoms with Crippen LogP contribution in [0.25, 0.3) is 0 Å². The van der Waals surface area contributed by atoms with Gasteiger partial charge in [0.05, 0.1) is 18.6 Å². The van der Waals surface area contributed by atoms with Crippen molar-refractivity contribution in [1.82, 2.24) is 9.80 Å². The molecule has 0 bridgehead atoms. The Morgan fingerprint density at radius 3 is 2.28 bits per heavy atom. The quantitative estimate of drug-likeness (QED) is 0.698. The van der Waals surface area contributed by atoms with E-state index in [4.69, 9.17) is 5.73 Å². The van der Waals surface area contributed by atoms with Crippen molar-refractivity contribution in [3.05, 3.63) is 60.2 Å². The van der Waals surface area contributed by atoms with Gasteiger partial charge in [0.15, 0.2) is 0 Å². The number of amides is 2. The Balaban J connectivity index is 1.50. The fraction of sp³-hybridized carbons (Fsp3) is 0.440. The minimum atomic E-state index is -0.490. The Hall–Kier alpha value is -2.90.